The molecule has 2 aromatic carbocycles. The molecule has 0 saturated carbocycles. The van der Waals surface area contributed by atoms with Crippen molar-refractivity contribution in [1.82, 2.24) is 0 Å². The van der Waals surface area contributed by atoms with Crippen molar-refractivity contribution in [2.45, 2.75) is 0 Å². The highest BCUT2D eigenvalue weighted by Gasteiger charge is 2.03. The average Bonchev–Trinajstić information content (AvgIpc) is 2.25. The van der Waals surface area contributed by atoms with E-state index in [0.29, 0.717) is 21.5 Å². The largest absolute Gasteiger partial charge is 0.456 e. The maximum absolute atomic E-state index is 5.95. The van der Waals surface area contributed by atoms with Crippen molar-refractivity contribution in [3.8, 4) is 11.5 Å². The molecule has 75 valence electrons. The predicted molar refractivity (Wildman–Crippen MR) is 61.8 cm³/mol. The van der Waals surface area contributed by atoms with E-state index in [0.717, 1.165) is 0 Å². The molecule has 1 radical (unpaired) electrons. The average molecular weight is 238 g/mol. The Hall–Kier alpha value is -1.18. The summed E-state index contributed by atoms with van der Waals surface area (Å²) in [5.41, 5.74) is 0. The van der Waals surface area contributed by atoms with Crippen LogP contribution in [-0.4, -0.2) is 0 Å². The van der Waals surface area contributed by atoms with Crippen LogP contribution in [0, 0.1) is 6.07 Å². The second-order valence-corrected chi connectivity index (χ2v) is 3.76. The molecule has 0 atom stereocenters. The summed E-state index contributed by atoms with van der Waals surface area (Å²) >= 11 is 11.8. The highest BCUT2D eigenvalue weighted by Crippen LogP contribution is 2.31. The maximum atomic E-state index is 5.95. The summed E-state index contributed by atoms with van der Waals surface area (Å²) in [5, 5.41) is 1.13. The zero-order valence-corrected chi connectivity index (χ0v) is 9.22. The Morgan fingerprint density at radius 1 is 1.00 bits per heavy atom. The van der Waals surface area contributed by atoms with E-state index in [1.807, 2.05) is 0 Å². The molecule has 0 aliphatic heterocycles. The number of hydrogen-bond donors (Lipinski definition) is 0. The number of halogens is 2. The molecule has 0 amide bonds. The van der Waals surface area contributed by atoms with Gasteiger partial charge in [0.15, 0.2) is 0 Å². The first-order valence-electron chi connectivity index (χ1n) is 4.35. The quantitative estimate of drug-likeness (QED) is 0.743. The highest BCUT2D eigenvalue weighted by atomic mass is 35.5. The summed E-state index contributed by atoms with van der Waals surface area (Å²) in [7, 11) is 0. The van der Waals surface area contributed by atoms with Crippen LogP contribution in [0.3, 0.4) is 0 Å². The zero-order chi connectivity index (χ0) is 10.7. The van der Waals surface area contributed by atoms with Crippen molar-refractivity contribution in [1.29, 1.82) is 0 Å². The van der Waals surface area contributed by atoms with Crippen molar-refractivity contribution < 1.29 is 4.74 Å². The van der Waals surface area contributed by atoms with Crippen molar-refractivity contribution in [2.24, 2.45) is 0 Å². The van der Waals surface area contributed by atoms with E-state index in [-0.39, 0.29) is 0 Å². The van der Waals surface area contributed by atoms with Gasteiger partial charge in [-0.25, -0.2) is 0 Å². The molecule has 15 heavy (non-hydrogen) atoms. The van der Waals surface area contributed by atoms with Crippen LogP contribution in [0.25, 0.3) is 0 Å². The molecule has 2 aromatic rings. The summed E-state index contributed by atoms with van der Waals surface area (Å²) in [6.45, 7) is 0. The standard InChI is InChI=1S/C12H7Cl2O/c13-9-6-7-11(14)12(8-9)15-10-4-2-1-3-5-10/h2-8H. The molecular weight excluding hydrogens is 231 g/mol. The molecule has 3 heteroatoms. The molecule has 0 fully saturated rings. The van der Waals surface area contributed by atoms with Gasteiger partial charge in [-0.2, -0.15) is 0 Å². The Bertz CT molecular complexity index is 454. The van der Waals surface area contributed by atoms with Crippen molar-refractivity contribution in [2.75, 3.05) is 0 Å². The van der Waals surface area contributed by atoms with Crippen LogP contribution in [0.15, 0.2) is 42.5 Å². The third kappa shape index (κ3) is 2.65. The second-order valence-electron chi connectivity index (χ2n) is 2.91. The molecular formula is C12H7Cl2O. The van der Waals surface area contributed by atoms with Gasteiger partial charge in [-0.1, -0.05) is 35.3 Å². The van der Waals surface area contributed by atoms with Crippen molar-refractivity contribution in [3.05, 3.63) is 58.6 Å². The van der Waals surface area contributed by atoms with E-state index in [1.54, 1.807) is 42.5 Å². The van der Waals surface area contributed by atoms with E-state index in [2.05, 4.69) is 6.07 Å². The van der Waals surface area contributed by atoms with Gasteiger partial charge < -0.3 is 4.74 Å². The second kappa shape index (κ2) is 4.56. The number of ether oxygens (including phenoxy) is 1. The van der Waals surface area contributed by atoms with Gasteiger partial charge in [0.05, 0.1) is 5.02 Å². The molecule has 0 N–H and O–H groups in total. The van der Waals surface area contributed by atoms with E-state index in [1.165, 1.54) is 0 Å². The summed E-state index contributed by atoms with van der Waals surface area (Å²) < 4.78 is 5.55. The van der Waals surface area contributed by atoms with Gasteiger partial charge in [0.25, 0.3) is 0 Å². The summed E-state index contributed by atoms with van der Waals surface area (Å²) in [6.07, 6.45) is 0. The summed E-state index contributed by atoms with van der Waals surface area (Å²) in [5.74, 6) is 1.26. The van der Waals surface area contributed by atoms with Gasteiger partial charge in [-0.3, -0.25) is 0 Å². The number of rotatable bonds is 2. The molecule has 0 saturated heterocycles. The van der Waals surface area contributed by atoms with E-state index < -0.39 is 0 Å². The van der Waals surface area contributed by atoms with Crippen LogP contribution in [0.1, 0.15) is 0 Å². The topological polar surface area (TPSA) is 9.23 Å². The van der Waals surface area contributed by atoms with Crippen LogP contribution >= 0.6 is 23.2 Å². The van der Waals surface area contributed by atoms with Gasteiger partial charge in [0.2, 0.25) is 0 Å². The zero-order valence-electron chi connectivity index (χ0n) is 7.71. The van der Waals surface area contributed by atoms with Gasteiger partial charge in [-0.05, 0) is 30.3 Å². The minimum atomic E-state index is 0.534. The number of benzene rings is 2. The van der Waals surface area contributed by atoms with E-state index in [4.69, 9.17) is 27.9 Å². The lowest BCUT2D eigenvalue weighted by Gasteiger charge is -2.07. The SMILES string of the molecule is Clc1ccc(Cl)c(Oc2cc[c]cc2)c1. The van der Waals surface area contributed by atoms with Crippen molar-refractivity contribution >= 4 is 23.2 Å². The van der Waals surface area contributed by atoms with Crippen LogP contribution < -0.4 is 4.74 Å². The third-order valence-electron chi connectivity index (χ3n) is 1.81. The molecule has 0 heterocycles. The fourth-order valence-electron chi connectivity index (χ4n) is 1.12. The first-order chi connectivity index (χ1) is 7.25. The van der Waals surface area contributed by atoms with E-state index >= 15 is 0 Å². The predicted octanol–water partition coefficient (Wildman–Crippen LogP) is 4.59. The van der Waals surface area contributed by atoms with Crippen LogP contribution in [0.5, 0.6) is 11.5 Å². The van der Waals surface area contributed by atoms with Gasteiger partial charge in [-0.15, -0.1) is 0 Å². The molecule has 0 unspecified atom stereocenters. The normalized spacial score (nSPS) is 10.0. The first-order valence-corrected chi connectivity index (χ1v) is 5.10. The maximum Gasteiger partial charge on any atom is 0.147 e. The third-order valence-corrected chi connectivity index (χ3v) is 2.36. The minimum Gasteiger partial charge on any atom is -0.456 e. The fourth-order valence-corrected chi connectivity index (χ4v) is 1.44. The lowest BCUT2D eigenvalue weighted by Crippen LogP contribution is -1.84. The van der Waals surface area contributed by atoms with Crippen LogP contribution in [0.4, 0.5) is 0 Å². The van der Waals surface area contributed by atoms with Gasteiger partial charge in [0.1, 0.15) is 11.5 Å². The van der Waals surface area contributed by atoms with Crippen molar-refractivity contribution in [3.63, 3.8) is 0 Å². The van der Waals surface area contributed by atoms with Crippen LogP contribution in [-0.2, 0) is 0 Å². The molecule has 0 spiro atoms. The number of hydrogen-bond acceptors (Lipinski definition) is 1. The minimum absolute atomic E-state index is 0.534. The smallest absolute Gasteiger partial charge is 0.147 e. The first kappa shape index (κ1) is 10.3. The molecule has 0 aliphatic rings. The molecule has 0 aromatic heterocycles. The Morgan fingerprint density at radius 2 is 1.73 bits per heavy atom. The van der Waals surface area contributed by atoms with E-state index in [9.17, 15) is 0 Å². The van der Waals surface area contributed by atoms with Crippen LogP contribution in [0.2, 0.25) is 10.0 Å². The molecule has 2 rings (SSSR count). The Balaban J connectivity index is 2.28. The summed E-state index contributed by atoms with van der Waals surface area (Å²) in [4.78, 5) is 0. The molecule has 0 aliphatic carbocycles. The monoisotopic (exact) mass is 237 g/mol. The summed E-state index contributed by atoms with van der Waals surface area (Å²) in [6, 6.07) is 15.2. The Kier molecular flexibility index (Phi) is 3.14. The highest BCUT2D eigenvalue weighted by molar-refractivity contribution is 6.34. The lowest BCUT2D eigenvalue weighted by atomic mass is 10.3. The van der Waals surface area contributed by atoms with Gasteiger partial charge in [0, 0.05) is 11.1 Å². The molecule has 1 nitrogen and oxygen atoms in total. The fraction of sp³-hybridized carbons (Fsp3) is 0. The Labute approximate surface area is 98.2 Å². The van der Waals surface area contributed by atoms with Gasteiger partial charge >= 0.3 is 0 Å². The lowest BCUT2D eigenvalue weighted by molar-refractivity contribution is 0.483. The Morgan fingerprint density at radius 3 is 2.47 bits per heavy atom. The molecule has 0 bridgehead atoms.